The summed E-state index contributed by atoms with van der Waals surface area (Å²) >= 11 is 0. The van der Waals surface area contributed by atoms with Crippen LogP contribution in [0.15, 0.2) is 24.3 Å². The molecule has 0 fully saturated rings. The van der Waals surface area contributed by atoms with Crippen molar-refractivity contribution in [1.29, 1.82) is 0 Å². The number of benzene rings is 1. The third-order valence-corrected chi connectivity index (χ3v) is 3.49. The number of carboxylic acid groups (broad SMARTS) is 1. The molecule has 0 aliphatic rings. The third kappa shape index (κ3) is 5.19. The van der Waals surface area contributed by atoms with Crippen molar-refractivity contribution >= 4 is 17.6 Å². The van der Waals surface area contributed by atoms with E-state index >= 15 is 0 Å². The van der Waals surface area contributed by atoms with Crippen molar-refractivity contribution in [1.82, 2.24) is 0 Å². The van der Waals surface area contributed by atoms with Gasteiger partial charge in [0, 0.05) is 18.2 Å². The number of hydrogen-bond donors (Lipinski definition) is 3. The van der Waals surface area contributed by atoms with Crippen LogP contribution in [-0.4, -0.2) is 23.0 Å². The zero-order valence-corrected chi connectivity index (χ0v) is 12.8. The first kappa shape index (κ1) is 17.2. The average Bonchev–Trinajstić information content (AvgIpc) is 2.38. The third-order valence-electron chi connectivity index (χ3n) is 3.49. The molecule has 5 nitrogen and oxygen atoms in total. The van der Waals surface area contributed by atoms with Crippen molar-refractivity contribution in [3.8, 4) is 0 Å². The van der Waals surface area contributed by atoms with Crippen LogP contribution in [0.25, 0.3) is 0 Å². The van der Waals surface area contributed by atoms with Gasteiger partial charge in [-0.15, -0.1) is 0 Å². The summed E-state index contributed by atoms with van der Waals surface area (Å²) < 4.78 is 0. The van der Waals surface area contributed by atoms with Crippen LogP contribution in [0.2, 0.25) is 0 Å². The lowest BCUT2D eigenvalue weighted by Crippen LogP contribution is -2.28. The van der Waals surface area contributed by atoms with E-state index in [1.807, 2.05) is 6.92 Å². The van der Waals surface area contributed by atoms with Crippen LogP contribution in [-0.2, 0) is 15.0 Å². The minimum Gasteiger partial charge on any atom is -0.481 e. The summed E-state index contributed by atoms with van der Waals surface area (Å²) in [5.74, 6) is -0.934. The fourth-order valence-corrected chi connectivity index (χ4v) is 1.90. The molecule has 1 unspecified atom stereocenters. The molecule has 1 atom stereocenters. The van der Waals surface area contributed by atoms with Crippen molar-refractivity contribution in [2.24, 2.45) is 5.73 Å². The number of aliphatic carboxylic acids is 1. The monoisotopic (exact) mass is 292 g/mol. The van der Waals surface area contributed by atoms with Gasteiger partial charge in [0.1, 0.15) is 0 Å². The quantitative estimate of drug-likeness (QED) is 0.720. The van der Waals surface area contributed by atoms with Gasteiger partial charge >= 0.3 is 5.97 Å². The number of anilines is 1. The maximum atomic E-state index is 11.7. The molecule has 4 N–H and O–H groups in total. The van der Waals surface area contributed by atoms with Crippen molar-refractivity contribution in [3.05, 3.63) is 29.8 Å². The average molecular weight is 292 g/mol. The lowest BCUT2D eigenvalue weighted by atomic mass is 9.85. The first-order valence-electron chi connectivity index (χ1n) is 7.13. The van der Waals surface area contributed by atoms with Gasteiger partial charge in [0.15, 0.2) is 0 Å². The molecule has 1 amide bonds. The molecule has 1 rings (SSSR count). The van der Waals surface area contributed by atoms with Crippen molar-refractivity contribution in [2.45, 2.75) is 51.5 Å². The van der Waals surface area contributed by atoms with E-state index in [4.69, 9.17) is 5.73 Å². The first-order valence-corrected chi connectivity index (χ1v) is 7.13. The van der Waals surface area contributed by atoms with E-state index in [-0.39, 0.29) is 11.9 Å². The Balaban J connectivity index is 2.59. The highest BCUT2D eigenvalue weighted by Crippen LogP contribution is 2.24. The molecule has 0 radical (unpaired) electrons. The highest BCUT2D eigenvalue weighted by molar-refractivity contribution is 5.90. The maximum Gasteiger partial charge on any atom is 0.313 e. The van der Waals surface area contributed by atoms with Gasteiger partial charge in [-0.3, -0.25) is 9.59 Å². The van der Waals surface area contributed by atoms with E-state index in [0.717, 1.165) is 12.8 Å². The molecule has 1 aromatic carbocycles. The molecule has 1 aromatic rings. The van der Waals surface area contributed by atoms with Gasteiger partial charge in [-0.2, -0.15) is 0 Å². The van der Waals surface area contributed by atoms with E-state index in [1.54, 1.807) is 38.1 Å². The minimum absolute atomic E-state index is 0.0547. The highest BCUT2D eigenvalue weighted by atomic mass is 16.4. The van der Waals surface area contributed by atoms with Gasteiger partial charge < -0.3 is 16.2 Å². The second-order valence-electron chi connectivity index (χ2n) is 5.93. The molecular weight excluding hydrogens is 268 g/mol. The fraction of sp³-hybridized carbons (Fsp3) is 0.500. The number of rotatable bonds is 7. The summed E-state index contributed by atoms with van der Waals surface area (Å²) in [7, 11) is 0. The van der Waals surface area contributed by atoms with E-state index in [1.165, 1.54) is 0 Å². The zero-order chi connectivity index (χ0) is 16.0. The Bertz CT molecular complexity index is 493. The Kier molecular flexibility index (Phi) is 5.90. The Morgan fingerprint density at radius 2 is 1.86 bits per heavy atom. The molecule has 0 aromatic heterocycles. The van der Waals surface area contributed by atoms with Crippen LogP contribution in [0.4, 0.5) is 5.69 Å². The number of carboxylic acids is 1. The Hall–Kier alpha value is -1.88. The second kappa shape index (κ2) is 7.22. The van der Waals surface area contributed by atoms with Crippen LogP contribution in [0.1, 0.15) is 45.6 Å². The predicted molar refractivity (Wildman–Crippen MR) is 83.2 cm³/mol. The zero-order valence-electron chi connectivity index (χ0n) is 12.8. The summed E-state index contributed by atoms with van der Waals surface area (Å²) in [5, 5.41) is 12.0. The Morgan fingerprint density at radius 1 is 1.29 bits per heavy atom. The van der Waals surface area contributed by atoms with Crippen LogP contribution >= 0.6 is 0 Å². The van der Waals surface area contributed by atoms with Gasteiger partial charge in [0.2, 0.25) is 5.91 Å². The summed E-state index contributed by atoms with van der Waals surface area (Å²) in [6.07, 6.45) is 2.01. The Labute approximate surface area is 125 Å². The molecule has 0 heterocycles. The molecular formula is C16H24N2O3. The van der Waals surface area contributed by atoms with Gasteiger partial charge in [-0.1, -0.05) is 12.1 Å². The lowest BCUT2D eigenvalue weighted by Gasteiger charge is -2.19. The van der Waals surface area contributed by atoms with Crippen LogP contribution in [0, 0.1) is 0 Å². The van der Waals surface area contributed by atoms with Crippen molar-refractivity contribution < 1.29 is 14.7 Å². The van der Waals surface area contributed by atoms with Crippen LogP contribution in [0.3, 0.4) is 0 Å². The maximum absolute atomic E-state index is 11.7. The normalized spacial score (nSPS) is 12.8. The highest BCUT2D eigenvalue weighted by Gasteiger charge is 2.29. The minimum atomic E-state index is -0.945. The van der Waals surface area contributed by atoms with E-state index in [9.17, 15) is 14.7 Å². The van der Waals surface area contributed by atoms with Crippen molar-refractivity contribution in [2.75, 3.05) is 5.32 Å². The molecule has 0 aliphatic heterocycles. The number of amides is 1. The number of nitrogens with one attached hydrogen (secondary N) is 1. The summed E-state index contributed by atoms with van der Waals surface area (Å²) in [6, 6.07) is 7.01. The van der Waals surface area contributed by atoms with Gasteiger partial charge in [0.05, 0.1) is 5.41 Å². The first-order chi connectivity index (χ1) is 9.73. The van der Waals surface area contributed by atoms with Gasteiger partial charge in [-0.25, -0.2) is 0 Å². The molecule has 0 saturated heterocycles. The fourth-order valence-electron chi connectivity index (χ4n) is 1.90. The summed E-state index contributed by atoms with van der Waals surface area (Å²) in [6.45, 7) is 5.22. The molecule has 0 aliphatic carbocycles. The molecule has 116 valence electrons. The van der Waals surface area contributed by atoms with E-state index in [2.05, 4.69) is 5.32 Å². The number of nitrogens with two attached hydrogens (primary N) is 1. The molecule has 21 heavy (non-hydrogen) atoms. The largest absolute Gasteiger partial charge is 0.481 e. The number of carbonyl (C=O) groups is 2. The van der Waals surface area contributed by atoms with Crippen LogP contribution in [0.5, 0.6) is 0 Å². The van der Waals surface area contributed by atoms with Crippen molar-refractivity contribution in [3.63, 3.8) is 0 Å². The SMILES string of the molecule is CC(N)CCCC(=O)Nc1ccc(C(C)(C)C(=O)O)cc1. The van der Waals surface area contributed by atoms with Gasteiger partial charge in [0.25, 0.3) is 0 Å². The summed E-state index contributed by atoms with van der Waals surface area (Å²) in [5.41, 5.74) is 6.06. The summed E-state index contributed by atoms with van der Waals surface area (Å²) in [4.78, 5) is 22.9. The smallest absolute Gasteiger partial charge is 0.313 e. The lowest BCUT2D eigenvalue weighted by molar-refractivity contribution is -0.142. The number of carbonyl (C=O) groups excluding carboxylic acids is 1. The standard InChI is InChI=1S/C16H24N2O3/c1-11(17)5-4-6-14(19)18-13-9-7-12(8-10-13)16(2,3)15(20)21/h7-11H,4-6,17H2,1-3H3,(H,18,19)(H,20,21). The predicted octanol–water partition coefficient (Wildman–Crippen LogP) is 2.50. The second-order valence-corrected chi connectivity index (χ2v) is 5.93. The molecule has 0 saturated carbocycles. The van der Waals surface area contributed by atoms with Crippen LogP contribution < -0.4 is 11.1 Å². The number of hydrogen-bond acceptors (Lipinski definition) is 3. The molecule has 5 heteroatoms. The molecule has 0 spiro atoms. The topological polar surface area (TPSA) is 92.4 Å². The molecule has 0 bridgehead atoms. The Morgan fingerprint density at radius 3 is 2.33 bits per heavy atom. The van der Waals surface area contributed by atoms with Gasteiger partial charge in [-0.05, 0) is 51.3 Å². The van der Waals surface area contributed by atoms with E-state index in [0.29, 0.717) is 17.7 Å². The van der Waals surface area contributed by atoms with E-state index < -0.39 is 11.4 Å².